The first-order chi connectivity index (χ1) is 10.7. The van der Waals surface area contributed by atoms with Crippen LogP contribution in [0.2, 0.25) is 0 Å². The Bertz CT molecular complexity index is 654. The van der Waals surface area contributed by atoms with E-state index < -0.39 is 8.80 Å². The van der Waals surface area contributed by atoms with Crippen LogP contribution in [0.1, 0.15) is 27.2 Å². The van der Waals surface area contributed by atoms with Gasteiger partial charge in [0.2, 0.25) is 0 Å². The van der Waals surface area contributed by atoms with Crippen LogP contribution in [0.5, 0.6) is 0 Å². The Morgan fingerprint density at radius 3 is 1.73 bits per heavy atom. The van der Waals surface area contributed by atoms with Crippen molar-refractivity contribution >= 4 is 19.2 Å². The molecule has 1 heteroatoms. The first-order valence-electron chi connectivity index (χ1n) is 8.17. The molecule has 0 amide bonds. The van der Waals surface area contributed by atoms with Crippen LogP contribution in [0, 0.1) is 5.92 Å². The van der Waals surface area contributed by atoms with Gasteiger partial charge in [-0.05, 0) is 24.8 Å². The summed E-state index contributed by atoms with van der Waals surface area (Å²) in [5, 5.41) is 4.72. The van der Waals surface area contributed by atoms with Crippen molar-refractivity contribution in [3.05, 3.63) is 83.1 Å². The Balaban J connectivity index is 2.04. The molecule has 0 saturated heterocycles. The Morgan fingerprint density at radius 2 is 1.32 bits per heavy atom. The van der Waals surface area contributed by atoms with Gasteiger partial charge < -0.3 is 0 Å². The molecule has 1 aliphatic carbocycles. The van der Waals surface area contributed by atoms with Gasteiger partial charge in [-0.15, -0.1) is 0 Å². The Kier molecular flexibility index (Phi) is 4.44. The first-order valence-corrected chi connectivity index (χ1v) is 9.90. The topological polar surface area (TPSA) is 0 Å². The van der Waals surface area contributed by atoms with E-state index in [1.54, 1.807) is 16.3 Å². The zero-order valence-corrected chi connectivity index (χ0v) is 14.9. The van der Waals surface area contributed by atoms with Gasteiger partial charge >= 0.3 is 0 Å². The summed E-state index contributed by atoms with van der Waals surface area (Å²) in [5.41, 5.74) is 3.12. The fourth-order valence-electron chi connectivity index (χ4n) is 3.54. The minimum absolute atomic E-state index is 0.624. The van der Waals surface area contributed by atoms with Crippen molar-refractivity contribution in [2.45, 2.75) is 27.2 Å². The standard InChI is InChI=1S/C21H24Si/c1-16(2)21-15-20(14-17(21)3)22(18-10-6-4-7-11-18)19-12-8-5-9-13-19/h4-13,15-16,22H,14H2,1-3H3. The van der Waals surface area contributed by atoms with E-state index in [-0.39, 0.29) is 0 Å². The van der Waals surface area contributed by atoms with E-state index in [9.17, 15) is 0 Å². The third-order valence-electron chi connectivity index (χ3n) is 4.56. The SMILES string of the molecule is CC1=C(C(C)C)C=C([SiH](c2ccccc2)c2ccccc2)C1. The van der Waals surface area contributed by atoms with Crippen molar-refractivity contribution < 1.29 is 0 Å². The summed E-state index contributed by atoms with van der Waals surface area (Å²) in [6.45, 7) is 6.92. The number of hydrogen-bond donors (Lipinski definition) is 0. The molecule has 1 aliphatic rings. The highest BCUT2D eigenvalue weighted by atomic mass is 28.3. The molecule has 0 nitrogen and oxygen atoms in total. The summed E-state index contributed by atoms with van der Waals surface area (Å²) < 4.78 is 0. The van der Waals surface area contributed by atoms with E-state index in [0.29, 0.717) is 5.92 Å². The molecule has 0 bridgehead atoms. The molecule has 0 unspecified atom stereocenters. The van der Waals surface area contributed by atoms with Crippen LogP contribution in [0.3, 0.4) is 0 Å². The molecule has 0 N–H and O–H groups in total. The van der Waals surface area contributed by atoms with Crippen LogP contribution in [0.15, 0.2) is 83.1 Å². The lowest BCUT2D eigenvalue weighted by Crippen LogP contribution is -2.43. The Morgan fingerprint density at radius 1 is 0.818 bits per heavy atom. The lowest BCUT2D eigenvalue weighted by Gasteiger charge is -2.18. The molecule has 2 aromatic carbocycles. The molecular weight excluding hydrogens is 280 g/mol. The molecule has 2 aromatic rings. The third-order valence-corrected chi connectivity index (χ3v) is 7.78. The van der Waals surface area contributed by atoms with Crippen molar-refractivity contribution in [2.75, 3.05) is 0 Å². The van der Waals surface area contributed by atoms with Crippen molar-refractivity contribution in [3.63, 3.8) is 0 Å². The van der Waals surface area contributed by atoms with Crippen LogP contribution in [-0.4, -0.2) is 8.80 Å². The average Bonchev–Trinajstić information content (AvgIpc) is 2.91. The maximum atomic E-state index is 2.51. The van der Waals surface area contributed by atoms with E-state index in [2.05, 4.69) is 87.5 Å². The highest BCUT2D eigenvalue weighted by molar-refractivity contribution is 6.91. The monoisotopic (exact) mass is 304 g/mol. The van der Waals surface area contributed by atoms with Crippen molar-refractivity contribution in [3.8, 4) is 0 Å². The predicted octanol–water partition coefficient (Wildman–Crippen LogP) is 3.87. The molecule has 112 valence electrons. The van der Waals surface area contributed by atoms with Gasteiger partial charge in [-0.2, -0.15) is 0 Å². The highest BCUT2D eigenvalue weighted by Crippen LogP contribution is 2.31. The molecule has 0 heterocycles. The van der Waals surface area contributed by atoms with E-state index in [1.807, 2.05) is 0 Å². The summed E-state index contributed by atoms with van der Waals surface area (Å²) in [5.74, 6) is 0.624. The second-order valence-corrected chi connectivity index (χ2v) is 9.48. The fourth-order valence-corrected chi connectivity index (χ4v) is 6.85. The minimum Gasteiger partial charge on any atom is -0.0700 e. The summed E-state index contributed by atoms with van der Waals surface area (Å²) in [6.07, 6.45) is 3.67. The molecule has 0 saturated carbocycles. The number of benzene rings is 2. The van der Waals surface area contributed by atoms with Crippen molar-refractivity contribution in [1.82, 2.24) is 0 Å². The average molecular weight is 305 g/mol. The van der Waals surface area contributed by atoms with Gasteiger partial charge in [0.1, 0.15) is 8.80 Å². The van der Waals surface area contributed by atoms with Crippen LogP contribution in [0.4, 0.5) is 0 Å². The maximum absolute atomic E-state index is 2.51. The van der Waals surface area contributed by atoms with Gasteiger partial charge in [-0.1, -0.05) is 102 Å². The first kappa shape index (κ1) is 15.0. The van der Waals surface area contributed by atoms with E-state index >= 15 is 0 Å². The van der Waals surface area contributed by atoms with Crippen LogP contribution < -0.4 is 10.4 Å². The summed E-state index contributed by atoms with van der Waals surface area (Å²) >= 11 is 0. The number of rotatable bonds is 4. The quantitative estimate of drug-likeness (QED) is 0.752. The Labute approximate surface area is 135 Å². The van der Waals surface area contributed by atoms with Crippen LogP contribution in [0.25, 0.3) is 0 Å². The van der Waals surface area contributed by atoms with Crippen molar-refractivity contribution in [2.24, 2.45) is 5.92 Å². The molecule has 0 radical (unpaired) electrons. The van der Waals surface area contributed by atoms with E-state index in [1.165, 1.54) is 10.4 Å². The second kappa shape index (κ2) is 6.49. The largest absolute Gasteiger partial charge is 0.128 e. The third kappa shape index (κ3) is 3.00. The lowest BCUT2D eigenvalue weighted by molar-refractivity contribution is 0.783. The summed E-state index contributed by atoms with van der Waals surface area (Å²) in [6, 6.07) is 22.2. The summed E-state index contributed by atoms with van der Waals surface area (Å²) in [7, 11) is -1.30. The van der Waals surface area contributed by atoms with Gasteiger partial charge in [0, 0.05) is 0 Å². The fraction of sp³-hybridized carbons (Fsp3) is 0.238. The molecule has 0 aliphatic heterocycles. The molecule has 0 fully saturated rings. The highest BCUT2D eigenvalue weighted by Gasteiger charge is 2.25. The number of allylic oxidation sites excluding steroid dienone is 4. The molecule has 3 rings (SSSR count). The Hall–Kier alpha value is -1.86. The molecule has 22 heavy (non-hydrogen) atoms. The van der Waals surface area contributed by atoms with Crippen LogP contribution in [-0.2, 0) is 0 Å². The smallest absolute Gasteiger partial charge is 0.0700 e. The van der Waals surface area contributed by atoms with Gasteiger partial charge in [0.15, 0.2) is 0 Å². The molecular formula is C21H24Si. The minimum atomic E-state index is -1.30. The number of hydrogen-bond acceptors (Lipinski definition) is 0. The van der Waals surface area contributed by atoms with Gasteiger partial charge in [-0.25, -0.2) is 0 Å². The maximum Gasteiger partial charge on any atom is 0.128 e. The lowest BCUT2D eigenvalue weighted by atomic mass is 10.0. The molecule has 0 aromatic heterocycles. The van der Waals surface area contributed by atoms with Crippen molar-refractivity contribution in [1.29, 1.82) is 0 Å². The predicted molar refractivity (Wildman–Crippen MR) is 99.5 cm³/mol. The van der Waals surface area contributed by atoms with E-state index in [4.69, 9.17) is 0 Å². The van der Waals surface area contributed by atoms with Gasteiger partial charge in [0.05, 0.1) is 0 Å². The zero-order valence-electron chi connectivity index (χ0n) is 13.7. The molecule has 0 atom stereocenters. The van der Waals surface area contributed by atoms with Gasteiger partial charge in [0.25, 0.3) is 0 Å². The summed E-state index contributed by atoms with van der Waals surface area (Å²) in [4.78, 5) is 0. The zero-order chi connectivity index (χ0) is 15.5. The molecule has 0 spiro atoms. The second-order valence-electron chi connectivity index (χ2n) is 6.54. The van der Waals surface area contributed by atoms with Crippen LogP contribution >= 0.6 is 0 Å². The normalized spacial score (nSPS) is 14.9. The van der Waals surface area contributed by atoms with Gasteiger partial charge in [-0.3, -0.25) is 0 Å². The van der Waals surface area contributed by atoms with E-state index in [0.717, 1.165) is 6.42 Å².